The SMILES string of the molecule is CN1CCN(CCn2nc(-c3cnn(C)c3)c(Cl)c2-c2ccccc2)CC1. The van der Waals surface area contributed by atoms with Gasteiger partial charge in [0.1, 0.15) is 5.69 Å². The molecule has 0 spiro atoms. The first-order chi connectivity index (χ1) is 13.1. The number of nitrogens with zero attached hydrogens (tertiary/aromatic N) is 6. The van der Waals surface area contributed by atoms with Crippen LogP contribution in [0.4, 0.5) is 0 Å². The minimum atomic E-state index is 0.688. The second-order valence-electron chi connectivity index (χ2n) is 7.15. The van der Waals surface area contributed by atoms with Gasteiger partial charge in [0, 0.05) is 57.1 Å². The Kier molecular flexibility index (Phi) is 5.29. The van der Waals surface area contributed by atoms with Crippen molar-refractivity contribution in [3.8, 4) is 22.5 Å². The van der Waals surface area contributed by atoms with Crippen LogP contribution in [0.3, 0.4) is 0 Å². The van der Waals surface area contributed by atoms with Gasteiger partial charge in [-0.15, -0.1) is 0 Å². The summed E-state index contributed by atoms with van der Waals surface area (Å²) < 4.78 is 3.83. The molecule has 142 valence electrons. The third kappa shape index (κ3) is 3.93. The van der Waals surface area contributed by atoms with Crippen LogP contribution in [0.25, 0.3) is 22.5 Å². The number of aryl methyl sites for hydroxylation is 1. The number of aromatic nitrogens is 4. The van der Waals surface area contributed by atoms with Gasteiger partial charge in [-0.2, -0.15) is 10.2 Å². The van der Waals surface area contributed by atoms with Gasteiger partial charge in [0.25, 0.3) is 0 Å². The van der Waals surface area contributed by atoms with Crippen LogP contribution >= 0.6 is 11.6 Å². The number of rotatable bonds is 5. The Morgan fingerprint density at radius 3 is 2.37 bits per heavy atom. The molecule has 0 atom stereocenters. The van der Waals surface area contributed by atoms with Gasteiger partial charge in [-0.1, -0.05) is 41.9 Å². The van der Waals surface area contributed by atoms with Crippen molar-refractivity contribution in [2.45, 2.75) is 6.54 Å². The maximum Gasteiger partial charge on any atom is 0.115 e. The summed E-state index contributed by atoms with van der Waals surface area (Å²) in [5, 5.41) is 9.82. The Morgan fingerprint density at radius 2 is 1.70 bits per heavy atom. The molecular weight excluding hydrogens is 360 g/mol. The molecule has 1 fully saturated rings. The summed E-state index contributed by atoms with van der Waals surface area (Å²) in [6, 6.07) is 10.3. The smallest absolute Gasteiger partial charge is 0.115 e. The summed E-state index contributed by atoms with van der Waals surface area (Å²) in [5.41, 5.74) is 3.80. The molecule has 0 unspecified atom stereocenters. The fourth-order valence-electron chi connectivity index (χ4n) is 3.51. The summed E-state index contributed by atoms with van der Waals surface area (Å²) in [7, 11) is 4.08. The van der Waals surface area contributed by atoms with E-state index in [1.165, 1.54) is 0 Å². The van der Waals surface area contributed by atoms with E-state index in [1.807, 2.05) is 37.6 Å². The van der Waals surface area contributed by atoms with E-state index in [9.17, 15) is 0 Å². The topological polar surface area (TPSA) is 42.1 Å². The van der Waals surface area contributed by atoms with Crippen LogP contribution in [0.15, 0.2) is 42.7 Å². The Labute approximate surface area is 164 Å². The fourth-order valence-corrected chi connectivity index (χ4v) is 3.86. The van der Waals surface area contributed by atoms with Crippen molar-refractivity contribution >= 4 is 11.6 Å². The molecule has 1 aliphatic rings. The Hall–Kier alpha value is -2.15. The van der Waals surface area contributed by atoms with Gasteiger partial charge in [0.2, 0.25) is 0 Å². The lowest BCUT2D eigenvalue weighted by Gasteiger charge is -2.32. The third-order valence-electron chi connectivity index (χ3n) is 5.14. The largest absolute Gasteiger partial charge is 0.304 e. The van der Waals surface area contributed by atoms with E-state index in [0.717, 1.165) is 61.8 Å². The Bertz CT molecular complexity index is 893. The lowest BCUT2D eigenvalue weighted by atomic mass is 10.1. The maximum atomic E-state index is 6.81. The summed E-state index contributed by atoms with van der Waals surface area (Å²) in [6.07, 6.45) is 3.77. The molecule has 6 nitrogen and oxygen atoms in total. The molecule has 7 heteroatoms. The van der Waals surface area contributed by atoms with E-state index in [2.05, 4.69) is 38.8 Å². The molecule has 1 saturated heterocycles. The minimum absolute atomic E-state index is 0.688. The zero-order chi connectivity index (χ0) is 18.8. The fraction of sp³-hybridized carbons (Fsp3) is 0.400. The van der Waals surface area contributed by atoms with Crippen LogP contribution in [-0.2, 0) is 13.6 Å². The lowest BCUT2D eigenvalue weighted by Crippen LogP contribution is -2.45. The highest BCUT2D eigenvalue weighted by Crippen LogP contribution is 2.36. The molecule has 1 aromatic carbocycles. The van der Waals surface area contributed by atoms with Gasteiger partial charge in [-0.25, -0.2) is 0 Å². The van der Waals surface area contributed by atoms with Crippen LogP contribution < -0.4 is 0 Å². The number of hydrogen-bond acceptors (Lipinski definition) is 4. The van der Waals surface area contributed by atoms with Crippen LogP contribution in [0, 0.1) is 0 Å². The zero-order valence-electron chi connectivity index (χ0n) is 15.8. The van der Waals surface area contributed by atoms with Crippen LogP contribution in [-0.4, -0.2) is 69.1 Å². The predicted molar refractivity (Wildman–Crippen MR) is 109 cm³/mol. The first-order valence-electron chi connectivity index (χ1n) is 9.33. The van der Waals surface area contributed by atoms with Crippen molar-refractivity contribution in [1.29, 1.82) is 0 Å². The van der Waals surface area contributed by atoms with Crippen LogP contribution in [0.5, 0.6) is 0 Å². The molecule has 3 heterocycles. The van der Waals surface area contributed by atoms with Crippen molar-refractivity contribution in [1.82, 2.24) is 29.4 Å². The van der Waals surface area contributed by atoms with Crippen LogP contribution in [0.1, 0.15) is 0 Å². The highest BCUT2D eigenvalue weighted by molar-refractivity contribution is 6.35. The molecule has 0 radical (unpaired) electrons. The minimum Gasteiger partial charge on any atom is -0.304 e. The molecule has 0 bridgehead atoms. The lowest BCUT2D eigenvalue weighted by molar-refractivity contribution is 0.149. The van der Waals surface area contributed by atoms with E-state index < -0.39 is 0 Å². The van der Waals surface area contributed by atoms with E-state index in [-0.39, 0.29) is 0 Å². The molecule has 0 N–H and O–H groups in total. The van der Waals surface area contributed by atoms with Gasteiger partial charge in [0.15, 0.2) is 0 Å². The third-order valence-corrected chi connectivity index (χ3v) is 5.50. The standard InChI is InChI=1S/C20H25ClN6/c1-24-8-10-26(11-9-24)12-13-27-20(16-6-4-3-5-7-16)18(21)19(23-27)17-14-22-25(2)15-17/h3-7,14-15H,8-13H2,1-2H3. The van der Waals surface area contributed by atoms with Crippen molar-refractivity contribution in [3.63, 3.8) is 0 Å². The van der Waals surface area contributed by atoms with E-state index in [1.54, 1.807) is 4.68 Å². The van der Waals surface area contributed by atoms with Gasteiger partial charge in [-0.05, 0) is 7.05 Å². The van der Waals surface area contributed by atoms with Crippen molar-refractivity contribution < 1.29 is 0 Å². The second kappa shape index (κ2) is 7.84. The Balaban J connectivity index is 1.64. The van der Waals surface area contributed by atoms with Crippen molar-refractivity contribution in [3.05, 3.63) is 47.7 Å². The average molecular weight is 385 g/mol. The monoisotopic (exact) mass is 384 g/mol. The van der Waals surface area contributed by atoms with Crippen molar-refractivity contribution in [2.75, 3.05) is 39.8 Å². The van der Waals surface area contributed by atoms with Crippen LogP contribution in [0.2, 0.25) is 5.02 Å². The molecule has 27 heavy (non-hydrogen) atoms. The van der Waals surface area contributed by atoms with E-state index >= 15 is 0 Å². The summed E-state index contributed by atoms with van der Waals surface area (Å²) >= 11 is 6.81. The highest BCUT2D eigenvalue weighted by Gasteiger charge is 2.21. The predicted octanol–water partition coefficient (Wildman–Crippen LogP) is 2.85. The van der Waals surface area contributed by atoms with Gasteiger partial charge in [-0.3, -0.25) is 14.3 Å². The maximum absolute atomic E-state index is 6.81. The molecule has 4 rings (SSSR count). The highest BCUT2D eigenvalue weighted by atomic mass is 35.5. The number of likely N-dealkylation sites (N-methyl/N-ethyl adjacent to an activating group) is 1. The molecular formula is C20H25ClN6. The number of halogens is 1. The summed E-state index contributed by atoms with van der Waals surface area (Å²) in [6.45, 7) is 6.22. The number of hydrogen-bond donors (Lipinski definition) is 0. The summed E-state index contributed by atoms with van der Waals surface area (Å²) in [5.74, 6) is 0. The molecule has 0 amide bonds. The average Bonchev–Trinajstić information content (AvgIpc) is 3.25. The van der Waals surface area contributed by atoms with E-state index in [0.29, 0.717) is 5.02 Å². The molecule has 1 aliphatic heterocycles. The van der Waals surface area contributed by atoms with Gasteiger partial charge >= 0.3 is 0 Å². The Morgan fingerprint density at radius 1 is 0.963 bits per heavy atom. The molecule has 0 aliphatic carbocycles. The quantitative estimate of drug-likeness (QED) is 0.678. The van der Waals surface area contributed by atoms with E-state index in [4.69, 9.17) is 16.7 Å². The van der Waals surface area contributed by atoms with Gasteiger partial charge in [0.05, 0.1) is 23.5 Å². The molecule has 0 saturated carbocycles. The van der Waals surface area contributed by atoms with Gasteiger partial charge < -0.3 is 4.90 Å². The first-order valence-corrected chi connectivity index (χ1v) is 9.71. The van der Waals surface area contributed by atoms with Crippen molar-refractivity contribution in [2.24, 2.45) is 7.05 Å². The zero-order valence-corrected chi connectivity index (χ0v) is 16.6. The number of benzene rings is 1. The first kappa shape index (κ1) is 18.2. The molecule has 2 aromatic heterocycles. The second-order valence-corrected chi connectivity index (χ2v) is 7.53. The molecule has 3 aromatic rings. The summed E-state index contributed by atoms with van der Waals surface area (Å²) in [4.78, 5) is 4.87. The number of piperazine rings is 1. The normalized spacial score (nSPS) is 16.1.